The molecule has 0 bridgehead atoms. The van der Waals surface area contributed by atoms with Crippen molar-refractivity contribution < 1.29 is 19.4 Å². The molecule has 1 fully saturated rings. The highest BCUT2D eigenvalue weighted by atomic mass is 16.5. The summed E-state index contributed by atoms with van der Waals surface area (Å²) < 4.78 is 5.20. The summed E-state index contributed by atoms with van der Waals surface area (Å²) in [6.07, 6.45) is 0. The van der Waals surface area contributed by atoms with Gasteiger partial charge in [0.25, 0.3) is 0 Å². The highest BCUT2D eigenvalue weighted by Gasteiger charge is 2.20. The van der Waals surface area contributed by atoms with Gasteiger partial charge in [-0.1, -0.05) is 12.1 Å². The highest BCUT2D eigenvalue weighted by Crippen LogP contribution is 2.05. The Bertz CT molecular complexity index is 469. The topological polar surface area (TPSA) is 87.7 Å². The lowest BCUT2D eigenvalue weighted by molar-refractivity contribution is -0.126. The first-order valence-electron chi connectivity index (χ1n) is 6.08. The van der Waals surface area contributed by atoms with E-state index >= 15 is 0 Å². The van der Waals surface area contributed by atoms with Crippen LogP contribution in [0.4, 0.5) is 0 Å². The lowest BCUT2D eigenvalue weighted by Gasteiger charge is -2.22. The van der Waals surface area contributed by atoms with E-state index < -0.39 is 5.97 Å². The van der Waals surface area contributed by atoms with Crippen LogP contribution in [0.3, 0.4) is 0 Å². The predicted octanol–water partition coefficient (Wildman–Crippen LogP) is -0.0106. The fraction of sp³-hybridized carbons (Fsp3) is 0.385. The number of carbonyl (C=O) groups is 2. The van der Waals surface area contributed by atoms with E-state index in [0.717, 1.165) is 5.56 Å². The Labute approximate surface area is 110 Å². The largest absolute Gasteiger partial charge is 0.478 e. The maximum Gasteiger partial charge on any atom is 0.335 e. The van der Waals surface area contributed by atoms with Crippen molar-refractivity contribution in [1.29, 1.82) is 0 Å². The van der Waals surface area contributed by atoms with Gasteiger partial charge in [0, 0.05) is 13.1 Å². The van der Waals surface area contributed by atoms with Crippen molar-refractivity contribution in [3.63, 3.8) is 0 Å². The van der Waals surface area contributed by atoms with Crippen LogP contribution in [0.2, 0.25) is 0 Å². The Morgan fingerprint density at radius 2 is 2.32 bits per heavy atom. The number of carbonyl (C=O) groups excluding carboxylic acids is 1. The molecular formula is C13H16N2O4. The number of hydrogen-bond donors (Lipinski definition) is 3. The number of nitrogens with one attached hydrogen (secondary N) is 2. The zero-order valence-corrected chi connectivity index (χ0v) is 10.4. The quantitative estimate of drug-likeness (QED) is 0.712. The molecule has 1 aliphatic rings. The van der Waals surface area contributed by atoms with Crippen LogP contribution < -0.4 is 10.6 Å². The van der Waals surface area contributed by atoms with E-state index in [1.54, 1.807) is 18.2 Å². The molecule has 1 heterocycles. The standard InChI is InChI=1S/C13H16N2O4/c16-12(11-8-19-5-4-14-11)15-7-9-2-1-3-10(6-9)13(17)18/h1-3,6,11,14H,4-5,7-8H2,(H,15,16)(H,17,18). The first-order valence-corrected chi connectivity index (χ1v) is 6.08. The maximum absolute atomic E-state index is 11.8. The van der Waals surface area contributed by atoms with Gasteiger partial charge in [-0.05, 0) is 17.7 Å². The number of benzene rings is 1. The third-order valence-electron chi connectivity index (χ3n) is 2.88. The van der Waals surface area contributed by atoms with Gasteiger partial charge >= 0.3 is 5.97 Å². The Morgan fingerprint density at radius 1 is 1.47 bits per heavy atom. The second-order valence-electron chi connectivity index (χ2n) is 4.30. The van der Waals surface area contributed by atoms with Crippen LogP contribution in [0.25, 0.3) is 0 Å². The summed E-state index contributed by atoms with van der Waals surface area (Å²) in [6.45, 7) is 1.94. The normalized spacial score (nSPS) is 18.8. The summed E-state index contributed by atoms with van der Waals surface area (Å²) in [5, 5.41) is 14.7. The molecule has 102 valence electrons. The zero-order chi connectivity index (χ0) is 13.7. The van der Waals surface area contributed by atoms with Crippen LogP contribution in [0.15, 0.2) is 24.3 Å². The first kappa shape index (κ1) is 13.5. The summed E-state index contributed by atoms with van der Waals surface area (Å²) in [6, 6.07) is 6.17. The van der Waals surface area contributed by atoms with Gasteiger partial charge in [0.05, 0.1) is 18.8 Å². The molecule has 0 aromatic heterocycles. The Kier molecular flexibility index (Phi) is 4.48. The average Bonchev–Trinajstić information content (AvgIpc) is 2.46. The van der Waals surface area contributed by atoms with Gasteiger partial charge in [0.15, 0.2) is 0 Å². The number of carboxylic acids is 1. The second-order valence-corrected chi connectivity index (χ2v) is 4.30. The molecule has 1 aromatic rings. The van der Waals surface area contributed by atoms with Gasteiger partial charge in [0.1, 0.15) is 6.04 Å². The molecule has 3 N–H and O–H groups in total. The van der Waals surface area contributed by atoms with E-state index in [1.165, 1.54) is 6.07 Å². The molecule has 2 rings (SSSR count). The molecule has 1 aromatic carbocycles. The van der Waals surface area contributed by atoms with Crippen LogP contribution in [0, 0.1) is 0 Å². The third-order valence-corrected chi connectivity index (χ3v) is 2.88. The minimum Gasteiger partial charge on any atom is -0.478 e. The van der Waals surface area contributed by atoms with Crippen molar-refractivity contribution in [1.82, 2.24) is 10.6 Å². The summed E-state index contributed by atoms with van der Waals surface area (Å²) >= 11 is 0. The van der Waals surface area contributed by atoms with Crippen LogP contribution in [-0.2, 0) is 16.1 Å². The molecule has 6 heteroatoms. The summed E-state index contributed by atoms with van der Waals surface area (Å²) in [5.41, 5.74) is 0.968. The van der Waals surface area contributed by atoms with Crippen molar-refractivity contribution in [2.24, 2.45) is 0 Å². The molecular weight excluding hydrogens is 248 g/mol. The van der Waals surface area contributed by atoms with Gasteiger partial charge in [-0.3, -0.25) is 4.79 Å². The summed E-state index contributed by atoms with van der Waals surface area (Å²) in [5.74, 6) is -1.11. The highest BCUT2D eigenvalue weighted by molar-refractivity contribution is 5.87. The number of morpholine rings is 1. The van der Waals surface area contributed by atoms with E-state index in [-0.39, 0.29) is 17.5 Å². The number of hydrogen-bond acceptors (Lipinski definition) is 4. The molecule has 1 aliphatic heterocycles. The van der Waals surface area contributed by atoms with Gasteiger partial charge in [-0.25, -0.2) is 4.79 Å². The van der Waals surface area contributed by atoms with E-state index in [9.17, 15) is 9.59 Å². The average molecular weight is 264 g/mol. The number of amides is 1. The maximum atomic E-state index is 11.8. The number of carboxylic acid groups (broad SMARTS) is 1. The molecule has 19 heavy (non-hydrogen) atoms. The van der Waals surface area contributed by atoms with Crippen LogP contribution in [0.1, 0.15) is 15.9 Å². The molecule has 1 unspecified atom stereocenters. The Morgan fingerprint density at radius 3 is 3.00 bits per heavy atom. The van der Waals surface area contributed by atoms with Gasteiger partial charge in [-0.15, -0.1) is 0 Å². The second kappa shape index (κ2) is 6.31. The van der Waals surface area contributed by atoms with Crippen LogP contribution in [0.5, 0.6) is 0 Å². The van der Waals surface area contributed by atoms with E-state index in [1.807, 2.05) is 0 Å². The van der Waals surface area contributed by atoms with Crippen LogP contribution >= 0.6 is 0 Å². The van der Waals surface area contributed by atoms with Crippen molar-refractivity contribution >= 4 is 11.9 Å². The fourth-order valence-electron chi connectivity index (χ4n) is 1.86. The Balaban J connectivity index is 1.89. The van der Waals surface area contributed by atoms with Crippen molar-refractivity contribution in [2.75, 3.05) is 19.8 Å². The van der Waals surface area contributed by atoms with E-state index in [2.05, 4.69) is 10.6 Å². The van der Waals surface area contributed by atoms with Gasteiger partial charge in [0.2, 0.25) is 5.91 Å². The summed E-state index contributed by atoms with van der Waals surface area (Å²) in [4.78, 5) is 22.6. The van der Waals surface area contributed by atoms with Gasteiger partial charge in [-0.2, -0.15) is 0 Å². The van der Waals surface area contributed by atoms with E-state index in [0.29, 0.717) is 26.3 Å². The number of ether oxygens (including phenoxy) is 1. The Hall–Kier alpha value is -1.92. The molecule has 0 saturated carbocycles. The third kappa shape index (κ3) is 3.77. The number of rotatable bonds is 4. The van der Waals surface area contributed by atoms with E-state index in [4.69, 9.17) is 9.84 Å². The molecule has 0 radical (unpaired) electrons. The summed E-state index contributed by atoms with van der Waals surface area (Å²) in [7, 11) is 0. The molecule has 1 saturated heterocycles. The molecule has 0 spiro atoms. The van der Waals surface area contributed by atoms with Gasteiger partial charge < -0.3 is 20.5 Å². The smallest absolute Gasteiger partial charge is 0.335 e. The molecule has 6 nitrogen and oxygen atoms in total. The lowest BCUT2D eigenvalue weighted by Crippen LogP contribution is -2.51. The molecule has 0 aliphatic carbocycles. The van der Waals surface area contributed by atoms with Crippen molar-refractivity contribution in [3.8, 4) is 0 Å². The number of aromatic carboxylic acids is 1. The van der Waals surface area contributed by atoms with Crippen LogP contribution in [-0.4, -0.2) is 42.8 Å². The zero-order valence-electron chi connectivity index (χ0n) is 10.4. The molecule has 1 atom stereocenters. The molecule has 1 amide bonds. The predicted molar refractivity (Wildman–Crippen MR) is 67.9 cm³/mol. The monoisotopic (exact) mass is 264 g/mol. The minimum absolute atomic E-state index is 0.138. The SMILES string of the molecule is O=C(O)c1cccc(CNC(=O)C2COCCN2)c1. The fourth-order valence-corrected chi connectivity index (χ4v) is 1.86. The first-order chi connectivity index (χ1) is 9.16. The lowest BCUT2D eigenvalue weighted by atomic mass is 10.1. The van der Waals surface area contributed by atoms with Crippen molar-refractivity contribution in [2.45, 2.75) is 12.6 Å². The van der Waals surface area contributed by atoms with Crippen molar-refractivity contribution in [3.05, 3.63) is 35.4 Å². The minimum atomic E-state index is -0.976.